The molecule has 0 bridgehead atoms. The zero-order chi connectivity index (χ0) is 22.6. The molecule has 0 radical (unpaired) electrons. The highest BCUT2D eigenvalue weighted by Crippen LogP contribution is 2.31. The molecule has 3 rings (SSSR count). The minimum absolute atomic E-state index is 0.0451. The molecule has 2 heterocycles. The highest BCUT2D eigenvalue weighted by atomic mass is 32.2. The molecule has 0 spiro atoms. The summed E-state index contributed by atoms with van der Waals surface area (Å²) in [6.45, 7) is 0.595. The molecule has 2 N–H and O–H groups in total. The second-order valence-corrected chi connectivity index (χ2v) is 9.33. The molecular formula is C19H24F3N3O5S. The lowest BCUT2D eigenvalue weighted by atomic mass is 10.1. The molecule has 172 valence electrons. The number of piperidine rings is 1. The van der Waals surface area contributed by atoms with Gasteiger partial charge in [-0.3, -0.25) is 15.1 Å². The average Bonchev–Trinajstić information content (AvgIpc) is 2.73. The predicted octanol–water partition coefficient (Wildman–Crippen LogP) is 1.49. The van der Waals surface area contributed by atoms with Gasteiger partial charge in [-0.05, 0) is 37.1 Å². The number of carbonyl (C=O) groups excluding carboxylic acids is 1. The number of likely N-dealkylation sites (tertiary alicyclic amines) is 1. The third-order valence-electron chi connectivity index (χ3n) is 5.12. The number of aliphatic hydroxyl groups is 1. The van der Waals surface area contributed by atoms with E-state index in [-0.39, 0.29) is 38.6 Å². The molecule has 0 saturated carbocycles. The highest BCUT2D eigenvalue weighted by Gasteiger charge is 2.33. The number of rotatable bonds is 6. The van der Waals surface area contributed by atoms with E-state index in [1.54, 1.807) is 6.08 Å². The summed E-state index contributed by atoms with van der Waals surface area (Å²) in [5, 5.41) is 9.62. The first-order chi connectivity index (χ1) is 14.6. The second kappa shape index (κ2) is 9.55. The number of benzene rings is 1. The Balaban J connectivity index is 1.53. The lowest BCUT2D eigenvalue weighted by Crippen LogP contribution is -2.44. The van der Waals surface area contributed by atoms with Crippen LogP contribution in [0.15, 0.2) is 40.9 Å². The van der Waals surface area contributed by atoms with Crippen LogP contribution in [0.1, 0.15) is 24.8 Å². The minimum atomic E-state index is -4.63. The van der Waals surface area contributed by atoms with E-state index in [4.69, 9.17) is 4.84 Å². The van der Waals surface area contributed by atoms with Crippen LogP contribution in [-0.4, -0.2) is 67.5 Å². The summed E-state index contributed by atoms with van der Waals surface area (Å²) in [5.41, 5.74) is 2.17. The van der Waals surface area contributed by atoms with Gasteiger partial charge in [0.05, 0.1) is 16.6 Å². The Morgan fingerprint density at radius 1 is 1.29 bits per heavy atom. The van der Waals surface area contributed by atoms with Crippen LogP contribution in [0.3, 0.4) is 0 Å². The maximum absolute atomic E-state index is 12.9. The molecule has 12 heteroatoms. The molecule has 1 aromatic rings. The van der Waals surface area contributed by atoms with E-state index in [2.05, 4.69) is 5.48 Å². The molecule has 8 nitrogen and oxygen atoms in total. The number of nitrogens with zero attached hydrogens (tertiary/aromatic N) is 2. The number of sulfonamides is 1. The first-order valence-electron chi connectivity index (χ1n) is 9.77. The van der Waals surface area contributed by atoms with Gasteiger partial charge < -0.3 is 10.0 Å². The van der Waals surface area contributed by atoms with Crippen molar-refractivity contribution in [1.82, 2.24) is 14.7 Å². The fourth-order valence-electron chi connectivity index (χ4n) is 3.41. The predicted molar refractivity (Wildman–Crippen MR) is 104 cm³/mol. The van der Waals surface area contributed by atoms with Crippen molar-refractivity contribution >= 4 is 15.9 Å². The number of nitrogens with one attached hydrogen (secondary N) is 1. The Bertz CT molecular complexity index is 936. The number of amides is 1. The van der Waals surface area contributed by atoms with Crippen molar-refractivity contribution in [3.8, 4) is 0 Å². The van der Waals surface area contributed by atoms with Crippen LogP contribution in [0.4, 0.5) is 13.2 Å². The van der Waals surface area contributed by atoms with E-state index in [0.717, 1.165) is 28.9 Å². The number of alkyl halides is 3. The van der Waals surface area contributed by atoms with Crippen LogP contribution in [0.25, 0.3) is 0 Å². The number of hydrogen-bond donors (Lipinski definition) is 2. The van der Waals surface area contributed by atoms with Crippen LogP contribution in [-0.2, 0) is 25.8 Å². The summed E-state index contributed by atoms with van der Waals surface area (Å²) in [7, 11) is -4.09. The SMILES string of the molecule is O=C(CONC1=CCN(S(=O)(=O)c2cccc(C(F)(F)F)c2)CC1)N1CCCC(O)C1. The second-order valence-electron chi connectivity index (χ2n) is 7.39. The summed E-state index contributed by atoms with van der Waals surface area (Å²) in [4.78, 5) is 18.4. The van der Waals surface area contributed by atoms with Gasteiger partial charge in [-0.25, -0.2) is 8.42 Å². The standard InChI is InChI=1S/C19H24F3N3O5S/c20-19(21,22)14-3-1-5-17(11-14)31(28,29)25-9-6-15(7-10-25)23-30-13-18(27)24-8-2-4-16(26)12-24/h1,3,5-6,11,16,23,26H,2,4,7-10,12-13H2. The molecule has 0 aliphatic carbocycles. The van der Waals surface area contributed by atoms with Gasteiger partial charge in [-0.15, -0.1) is 0 Å². The number of aliphatic hydroxyl groups excluding tert-OH is 1. The fourth-order valence-corrected chi connectivity index (χ4v) is 4.83. The molecule has 1 fully saturated rings. The first kappa shape index (κ1) is 23.5. The molecule has 31 heavy (non-hydrogen) atoms. The van der Waals surface area contributed by atoms with E-state index < -0.39 is 32.8 Å². The third-order valence-corrected chi connectivity index (χ3v) is 6.98. The third kappa shape index (κ3) is 5.97. The first-order valence-corrected chi connectivity index (χ1v) is 11.2. The molecule has 0 aromatic heterocycles. The van der Waals surface area contributed by atoms with E-state index in [1.807, 2.05) is 0 Å². The summed E-state index contributed by atoms with van der Waals surface area (Å²) in [5.74, 6) is -0.267. The molecule has 1 unspecified atom stereocenters. The van der Waals surface area contributed by atoms with Gasteiger partial charge in [0.1, 0.15) is 0 Å². The molecule has 2 aliphatic rings. The largest absolute Gasteiger partial charge is 0.416 e. The summed E-state index contributed by atoms with van der Waals surface area (Å²) in [6, 6.07) is 3.64. The van der Waals surface area contributed by atoms with Crippen LogP contribution in [0, 0.1) is 0 Å². The summed E-state index contributed by atoms with van der Waals surface area (Å²) in [6.07, 6.45) is -1.99. The van der Waals surface area contributed by atoms with Crippen molar-refractivity contribution in [2.24, 2.45) is 0 Å². The minimum Gasteiger partial charge on any atom is -0.391 e. The van der Waals surface area contributed by atoms with Crippen molar-refractivity contribution in [1.29, 1.82) is 0 Å². The lowest BCUT2D eigenvalue weighted by Gasteiger charge is -2.30. The maximum Gasteiger partial charge on any atom is 0.416 e. The Labute approximate surface area is 178 Å². The van der Waals surface area contributed by atoms with Gasteiger partial charge in [-0.2, -0.15) is 17.5 Å². The van der Waals surface area contributed by atoms with Gasteiger partial charge in [0.2, 0.25) is 10.0 Å². The molecule has 1 atom stereocenters. The number of halogens is 3. The monoisotopic (exact) mass is 463 g/mol. The smallest absolute Gasteiger partial charge is 0.391 e. The Morgan fingerprint density at radius 3 is 2.71 bits per heavy atom. The number of hydroxylamine groups is 1. The van der Waals surface area contributed by atoms with E-state index in [9.17, 15) is 31.5 Å². The Morgan fingerprint density at radius 2 is 2.06 bits per heavy atom. The van der Waals surface area contributed by atoms with Crippen LogP contribution in [0.2, 0.25) is 0 Å². The fraction of sp³-hybridized carbons (Fsp3) is 0.526. The van der Waals surface area contributed by atoms with E-state index in [1.165, 1.54) is 4.90 Å². The topological polar surface area (TPSA) is 99.2 Å². The van der Waals surface area contributed by atoms with Gasteiger partial charge >= 0.3 is 6.18 Å². The van der Waals surface area contributed by atoms with Gasteiger partial charge in [-0.1, -0.05) is 6.07 Å². The maximum atomic E-state index is 12.9. The zero-order valence-electron chi connectivity index (χ0n) is 16.6. The van der Waals surface area contributed by atoms with Crippen molar-refractivity contribution in [2.75, 3.05) is 32.8 Å². The van der Waals surface area contributed by atoms with Crippen LogP contribution >= 0.6 is 0 Å². The number of β-amino-alcohol motifs (C(OH)–C–C–N with tert-alkyl or cyclic N) is 1. The van der Waals surface area contributed by atoms with Gasteiger partial charge in [0.15, 0.2) is 6.61 Å². The van der Waals surface area contributed by atoms with Crippen LogP contribution in [0.5, 0.6) is 0 Å². The summed E-state index contributed by atoms with van der Waals surface area (Å²) >= 11 is 0. The van der Waals surface area contributed by atoms with Crippen molar-refractivity contribution in [3.63, 3.8) is 0 Å². The normalized spacial score (nSPS) is 21.0. The van der Waals surface area contributed by atoms with Gasteiger partial charge in [0, 0.05) is 38.3 Å². The molecule has 2 aliphatic heterocycles. The quantitative estimate of drug-likeness (QED) is 0.621. The molecule has 1 saturated heterocycles. The highest BCUT2D eigenvalue weighted by molar-refractivity contribution is 7.89. The van der Waals surface area contributed by atoms with E-state index >= 15 is 0 Å². The van der Waals surface area contributed by atoms with Gasteiger partial charge in [0.25, 0.3) is 5.91 Å². The van der Waals surface area contributed by atoms with Crippen molar-refractivity contribution in [2.45, 2.75) is 36.4 Å². The zero-order valence-corrected chi connectivity index (χ0v) is 17.5. The summed E-state index contributed by atoms with van der Waals surface area (Å²) < 4.78 is 65.1. The number of hydrogen-bond acceptors (Lipinski definition) is 6. The number of carbonyl (C=O) groups is 1. The van der Waals surface area contributed by atoms with E-state index in [0.29, 0.717) is 24.7 Å². The van der Waals surface area contributed by atoms with Crippen molar-refractivity contribution in [3.05, 3.63) is 41.6 Å². The molecule has 1 aromatic carbocycles. The van der Waals surface area contributed by atoms with Crippen LogP contribution < -0.4 is 5.48 Å². The Hall–Kier alpha value is -2.15. The van der Waals surface area contributed by atoms with Crippen molar-refractivity contribution < 1.29 is 36.3 Å². The molecule has 1 amide bonds. The Kier molecular flexibility index (Phi) is 7.24. The molecular weight excluding hydrogens is 439 g/mol. The average molecular weight is 463 g/mol. The lowest BCUT2D eigenvalue weighted by molar-refractivity contribution is -0.141.